The maximum Gasteiger partial charge on any atom is 0.332 e. The largest absolute Gasteiger partial charge is 0.333 e. The smallest absolute Gasteiger partial charge is 0.332 e. The number of rotatable bonds is 6. The van der Waals surface area contributed by atoms with Gasteiger partial charge in [0.2, 0.25) is 0 Å². The predicted octanol–water partition coefficient (Wildman–Crippen LogP) is 2.64. The van der Waals surface area contributed by atoms with Crippen molar-refractivity contribution in [1.82, 2.24) is 19.0 Å². The van der Waals surface area contributed by atoms with E-state index < -0.39 is 11.2 Å². The van der Waals surface area contributed by atoms with Crippen LogP contribution in [0.3, 0.4) is 0 Å². The van der Waals surface area contributed by atoms with E-state index in [9.17, 15) is 14.4 Å². The minimum absolute atomic E-state index is 0.190. The fourth-order valence-electron chi connectivity index (χ4n) is 3.31. The van der Waals surface area contributed by atoms with E-state index in [0.29, 0.717) is 18.7 Å². The van der Waals surface area contributed by atoms with Crippen LogP contribution in [-0.2, 0) is 27.1 Å². The quantitative estimate of drug-likeness (QED) is 0.462. The zero-order valence-corrected chi connectivity index (χ0v) is 18.2. The highest BCUT2D eigenvalue weighted by molar-refractivity contribution is 7.10. The van der Waals surface area contributed by atoms with Gasteiger partial charge in [-0.25, -0.2) is 9.78 Å². The minimum Gasteiger partial charge on any atom is -0.333 e. The summed E-state index contributed by atoms with van der Waals surface area (Å²) >= 11 is 3.26. The molecule has 4 heterocycles. The van der Waals surface area contributed by atoms with Crippen molar-refractivity contribution in [2.24, 2.45) is 14.1 Å². The summed E-state index contributed by atoms with van der Waals surface area (Å²) in [6.07, 6.45) is 2.20. The molecule has 0 unspecified atom stereocenters. The van der Waals surface area contributed by atoms with Gasteiger partial charge in [0.25, 0.3) is 11.5 Å². The van der Waals surface area contributed by atoms with E-state index >= 15 is 0 Å². The van der Waals surface area contributed by atoms with Gasteiger partial charge in [-0.05, 0) is 35.4 Å². The van der Waals surface area contributed by atoms with Crippen molar-refractivity contribution in [3.05, 3.63) is 83.4 Å². The molecular weight excluding hydrogens is 420 g/mol. The van der Waals surface area contributed by atoms with Crippen LogP contribution in [0.1, 0.15) is 20.1 Å². The topological polar surface area (TPSA) is 77.2 Å². The molecule has 0 aliphatic heterocycles. The first-order valence-electron chi connectivity index (χ1n) is 9.35. The molecule has 0 saturated heterocycles. The average Bonchev–Trinajstić information content (AvgIpc) is 3.47. The van der Waals surface area contributed by atoms with Gasteiger partial charge in [0.1, 0.15) is 5.65 Å². The van der Waals surface area contributed by atoms with Gasteiger partial charge >= 0.3 is 5.69 Å². The van der Waals surface area contributed by atoms with Crippen molar-refractivity contribution in [3.63, 3.8) is 0 Å². The van der Waals surface area contributed by atoms with E-state index in [2.05, 4.69) is 11.1 Å². The summed E-state index contributed by atoms with van der Waals surface area (Å²) in [4.78, 5) is 46.4. The number of carbonyl (C=O) groups is 1. The van der Waals surface area contributed by atoms with E-state index in [1.807, 2.05) is 29.0 Å². The molecular formula is C21H20N4O3S2. The molecule has 7 nitrogen and oxygen atoms in total. The number of aryl methyl sites for hydroxylation is 1. The van der Waals surface area contributed by atoms with Gasteiger partial charge in [0, 0.05) is 36.6 Å². The Kier molecular flexibility index (Phi) is 5.65. The van der Waals surface area contributed by atoms with E-state index in [0.717, 1.165) is 15.9 Å². The Labute approximate surface area is 180 Å². The van der Waals surface area contributed by atoms with Crippen molar-refractivity contribution in [1.29, 1.82) is 0 Å². The van der Waals surface area contributed by atoms with Gasteiger partial charge in [-0.15, -0.1) is 22.7 Å². The predicted molar refractivity (Wildman–Crippen MR) is 119 cm³/mol. The minimum atomic E-state index is -0.460. The van der Waals surface area contributed by atoms with Gasteiger partial charge in [0.15, 0.2) is 0 Å². The molecule has 30 heavy (non-hydrogen) atoms. The molecule has 0 aliphatic rings. The molecule has 4 rings (SSSR count). The summed E-state index contributed by atoms with van der Waals surface area (Å²) in [7, 11) is 2.98. The van der Waals surface area contributed by atoms with Gasteiger partial charge in [0.05, 0.1) is 17.5 Å². The highest BCUT2D eigenvalue weighted by atomic mass is 32.1. The maximum atomic E-state index is 13.3. The first kappa shape index (κ1) is 20.2. The number of fused-ring (bicyclic) bond motifs is 1. The summed E-state index contributed by atoms with van der Waals surface area (Å²) < 4.78 is 2.34. The summed E-state index contributed by atoms with van der Waals surface area (Å²) in [5, 5.41) is 4.26. The van der Waals surface area contributed by atoms with Crippen LogP contribution in [0.25, 0.3) is 11.0 Å². The molecule has 1 amide bonds. The molecule has 154 valence electrons. The lowest BCUT2D eigenvalue weighted by Gasteiger charge is -2.22. The molecule has 0 bridgehead atoms. The lowest BCUT2D eigenvalue weighted by Crippen LogP contribution is -2.37. The van der Waals surface area contributed by atoms with Crippen LogP contribution >= 0.6 is 22.7 Å². The molecule has 0 saturated carbocycles. The third-order valence-corrected chi connectivity index (χ3v) is 6.76. The number of aromatic nitrogens is 3. The summed E-state index contributed by atoms with van der Waals surface area (Å²) in [5.74, 6) is -0.190. The monoisotopic (exact) mass is 440 g/mol. The summed E-state index contributed by atoms with van der Waals surface area (Å²) in [6, 6.07) is 9.56. The second-order valence-corrected chi connectivity index (χ2v) is 9.00. The first-order chi connectivity index (χ1) is 14.5. The first-order valence-corrected chi connectivity index (χ1v) is 11.1. The highest BCUT2D eigenvalue weighted by Gasteiger charge is 2.19. The van der Waals surface area contributed by atoms with Gasteiger partial charge < -0.3 is 4.90 Å². The SMILES string of the molecule is Cn1c(=O)c2cc(C(=O)N(CCc3cccs3)Cc3cccs3)cnc2n(C)c1=O. The number of carbonyl (C=O) groups excluding carboxylic acids is 1. The Balaban J connectivity index is 1.70. The van der Waals surface area contributed by atoms with Crippen molar-refractivity contribution in [2.75, 3.05) is 6.54 Å². The summed E-state index contributed by atoms with van der Waals surface area (Å²) in [5.41, 5.74) is -0.308. The molecule has 0 fully saturated rings. The van der Waals surface area contributed by atoms with E-state index in [4.69, 9.17) is 0 Å². The molecule has 0 N–H and O–H groups in total. The number of amides is 1. The normalized spacial score (nSPS) is 11.1. The molecule has 4 aromatic heterocycles. The third-order valence-electron chi connectivity index (χ3n) is 4.96. The van der Waals surface area contributed by atoms with Gasteiger partial charge in [-0.1, -0.05) is 12.1 Å². The second kappa shape index (κ2) is 8.37. The Morgan fingerprint density at radius 1 is 1.07 bits per heavy atom. The number of pyridine rings is 1. The van der Waals surface area contributed by atoms with E-state index in [1.54, 1.807) is 40.7 Å². The number of nitrogens with zero attached hydrogens (tertiary/aromatic N) is 4. The number of thiophene rings is 2. The Morgan fingerprint density at radius 3 is 2.43 bits per heavy atom. The van der Waals surface area contributed by atoms with E-state index in [1.165, 1.54) is 22.7 Å². The van der Waals surface area contributed by atoms with Crippen molar-refractivity contribution in [2.45, 2.75) is 13.0 Å². The molecule has 0 spiro atoms. The Bertz CT molecular complexity index is 1300. The Morgan fingerprint density at radius 2 is 1.77 bits per heavy atom. The van der Waals surface area contributed by atoms with Crippen molar-refractivity contribution in [3.8, 4) is 0 Å². The van der Waals surface area contributed by atoms with Crippen LogP contribution in [-0.4, -0.2) is 31.5 Å². The van der Waals surface area contributed by atoms with Crippen LogP contribution in [0, 0.1) is 0 Å². The second-order valence-electron chi connectivity index (χ2n) is 6.94. The molecule has 0 radical (unpaired) electrons. The van der Waals surface area contributed by atoms with Gasteiger partial charge in [-0.2, -0.15) is 0 Å². The lowest BCUT2D eigenvalue weighted by atomic mass is 10.2. The fourth-order valence-corrected chi connectivity index (χ4v) is 4.73. The van der Waals surface area contributed by atoms with E-state index in [-0.39, 0.29) is 16.9 Å². The zero-order chi connectivity index (χ0) is 21.3. The highest BCUT2D eigenvalue weighted by Crippen LogP contribution is 2.18. The molecule has 0 atom stereocenters. The Hall–Kier alpha value is -3.04. The molecule has 0 aliphatic carbocycles. The van der Waals surface area contributed by atoms with Crippen LogP contribution in [0.5, 0.6) is 0 Å². The third kappa shape index (κ3) is 3.86. The number of hydrogen-bond acceptors (Lipinski definition) is 6. The van der Waals surface area contributed by atoms with Crippen molar-refractivity contribution >= 4 is 39.6 Å². The maximum absolute atomic E-state index is 13.3. The molecule has 4 aromatic rings. The van der Waals surface area contributed by atoms with Crippen LogP contribution in [0.15, 0.2) is 56.9 Å². The van der Waals surface area contributed by atoms with Crippen LogP contribution in [0.4, 0.5) is 0 Å². The average molecular weight is 441 g/mol. The zero-order valence-electron chi connectivity index (χ0n) is 16.6. The molecule has 0 aromatic carbocycles. The standard InChI is InChI=1S/C21H20N4O3S2/c1-23-18-17(20(27)24(2)21(23)28)11-14(12-22-18)19(26)25(13-16-6-4-10-30-16)8-7-15-5-3-9-29-15/h3-6,9-12H,7-8,13H2,1-2H3. The van der Waals surface area contributed by atoms with Gasteiger partial charge in [-0.3, -0.25) is 18.7 Å². The summed E-state index contributed by atoms with van der Waals surface area (Å²) in [6.45, 7) is 1.05. The van der Waals surface area contributed by atoms with Crippen molar-refractivity contribution < 1.29 is 4.79 Å². The lowest BCUT2D eigenvalue weighted by molar-refractivity contribution is 0.0747. The van der Waals surface area contributed by atoms with Crippen LogP contribution in [0.2, 0.25) is 0 Å². The van der Waals surface area contributed by atoms with Crippen LogP contribution < -0.4 is 11.2 Å². The molecule has 9 heteroatoms. The number of hydrogen-bond donors (Lipinski definition) is 0. The fraction of sp³-hybridized carbons (Fsp3) is 0.238.